The minimum atomic E-state index is -0.429. The van der Waals surface area contributed by atoms with Crippen LogP contribution in [-0.4, -0.2) is 14.2 Å². The van der Waals surface area contributed by atoms with Crippen LogP contribution in [0.2, 0.25) is 5.02 Å². The Balaban J connectivity index is 2.55. The van der Waals surface area contributed by atoms with Gasteiger partial charge in [0.15, 0.2) is 0 Å². The van der Waals surface area contributed by atoms with Crippen LogP contribution in [0.25, 0.3) is 0 Å². The summed E-state index contributed by atoms with van der Waals surface area (Å²) < 4.78 is 24.5. The summed E-state index contributed by atoms with van der Waals surface area (Å²) in [6.45, 7) is 0. The average molecular weight is 360 g/mol. The highest BCUT2D eigenvalue weighted by Crippen LogP contribution is 2.42. The van der Waals surface area contributed by atoms with E-state index in [2.05, 4.69) is 15.9 Å². The summed E-state index contributed by atoms with van der Waals surface area (Å²) >= 11 is 9.59. The Morgan fingerprint density at radius 1 is 1.15 bits per heavy atom. The standard InChI is InChI=1S/C15H13BrClFO2/c1-19-9-6-7-13(20-2)10(8-9)15(16)14-11(17)4-3-5-12(14)18/h3-8,15H,1-2H3. The van der Waals surface area contributed by atoms with Gasteiger partial charge in [0.1, 0.15) is 17.3 Å². The summed E-state index contributed by atoms with van der Waals surface area (Å²) in [6.07, 6.45) is 0. The SMILES string of the molecule is COc1ccc(OC)c(C(Br)c2c(F)cccc2Cl)c1. The van der Waals surface area contributed by atoms with E-state index in [4.69, 9.17) is 21.1 Å². The van der Waals surface area contributed by atoms with E-state index in [1.807, 2.05) is 0 Å². The molecule has 0 saturated heterocycles. The van der Waals surface area contributed by atoms with Crippen LogP contribution in [0, 0.1) is 5.82 Å². The Bertz CT molecular complexity index is 599. The molecule has 2 rings (SSSR count). The van der Waals surface area contributed by atoms with Gasteiger partial charge in [-0.3, -0.25) is 0 Å². The molecule has 106 valence electrons. The maximum absolute atomic E-state index is 14.0. The fourth-order valence-electron chi connectivity index (χ4n) is 1.95. The van der Waals surface area contributed by atoms with Crippen LogP contribution >= 0.6 is 27.5 Å². The highest BCUT2D eigenvalue weighted by atomic mass is 79.9. The van der Waals surface area contributed by atoms with Gasteiger partial charge in [-0.1, -0.05) is 33.6 Å². The molecule has 0 radical (unpaired) electrons. The maximum atomic E-state index is 14.0. The Labute approximate surface area is 130 Å². The normalized spacial score (nSPS) is 12.1. The monoisotopic (exact) mass is 358 g/mol. The lowest BCUT2D eigenvalue weighted by Gasteiger charge is -2.17. The van der Waals surface area contributed by atoms with Crippen molar-refractivity contribution in [2.45, 2.75) is 4.83 Å². The number of halogens is 3. The summed E-state index contributed by atoms with van der Waals surface area (Å²) in [7, 11) is 3.14. The van der Waals surface area contributed by atoms with Gasteiger partial charge < -0.3 is 9.47 Å². The highest BCUT2D eigenvalue weighted by molar-refractivity contribution is 9.09. The maximum Gasteiger partial charge on any atom is 0.129 e. The first-order valence-corrected chi connectivity index (χ1v) is 7.17. The fourth-order valence-corrected chi connectivity index (χ4v) is 3.17. The van der Waals surface area contributed by atoms with Crippen LogP contribution in [0.1, 0.15) is 16.0 Å². The number of rotatable bonds is 4. The molecule has 0 heterocycles. The van der Waals surface area contributed by atoms with Crippen molar-refractivity contribution >= 4 is 27.5 Å². The topological polar surface area (TPSA) is 18.5 Å². The molecular weight excluding hydrogens is 347 g/mol. The van der Waals surface area contributed by atoms with Crippen molar-refractivity contribution in [3.63, 3.8) is 0 Å². The van der Waals surface area contributed by atoms with Crippen molar-refractivity contribution in [1.82, 2.24) is 0 Å². The largest absolute Gasteiger partial charge is 0.497 e. The molecular formula is C15H13BrClFO2. The smallest absolute Gasteiger partial charge is 0.129 e. The summed E-state index contributed by atoms with van der Waals surface area (Å²) in [4.78, 5) is -0.429. The van der Waals surface area contributed by atoms with Gasteiger partial charge in [-0.05, 0) is 30.3 Å². The van der Waals surface area contributed by atoms with Gasteiger partial charge in [-0.2, -0.15) is 0 Å². The van der Waals surface area contributed by atoms with Crippen LogP contribution in [0.3, 0.4) is 0 Å². The molecule has 0 saturated carbocycles. The summed E-state index contributed by atoms with van der Waals surface area (Å²) in [5.74, 6) is 0.925. The molecule has 2 aromatic rings. The second kappa shape index (κ2) is 6.46. The molecule has 0 amide bonds. The number of hydrogen-bond acceptors (Lipinski definition) is 2. The Hall–Kier alpha value is -1.26. The molecule has 20 heavy (non-hydrogen) atoms. The van der Waals surface area contributed by atoms with E-state index >= 15 is 0 Å². The van der Waals surface area contributed by atoms with Gasteiger partial charge in [-0.25, -0.2) is 4.39 Å². The van der Waals surface area contributed by atoms with Crippen LogP contribution in [0.5, 0.6) is 11.5 Å². The fraction of sp³-hybridized carbons (Fsp3) is 0.200. The lowest BCUT2D eigenvalue weighted by molar-refractivity contribution is 0.399. The lowest BCUT2D eigenvalue weighted by Crippen LogP contribution is -2.01. The quantitative estimate of drug-likeness (QED) is 0.717. The summed E-state index contributed by atoms with van der Waals surface area (Å²) in [5, 5.41) is 0.358. The predicted molar refractivity (Wildman–Crippen MR) is 81.7 cm³/mol. The van der Waals surface area contributed by atoms with Gasteiger partial charge in [0.25, 0.3) is 0 Å². The van der Waals surface area contributed by atoms with Gasteiger partial charge in [0.05, 0.1) is 19.0 Å². The third-order valence-electron chi connectivity index (χ3n) is 2.96. The summed E-state index contributed by atoms with van der Waals surface area (Å²) in [5.41, 5.74) is 1.12. The molecule has 0 spiro atoms. The minimum absolute atomic E-state index is 0.358. The van der Waals surface area contributed by atoms with E-state index in [-0.39, 0.29) is 5.82 Å². The van der Waals surface area contributed by atoms with E-state index in [0.29, 0.717) is 22.1 Å². The van der Waals surface area contributed by atoms with Crippen molar-refractivity contribution in [2.75, 3.05) is 14.2 Å². The second-order valence-corrected chi connectivity index (χ2v) is 5.43. The molecule has 0 aliphatic heterocycles. The van der Waals surface area contributed by atoms with Crippen LogP contribution in [0.4, 0.5) is 4.39 Å². The molecule has 1 atom stereocenters. The molecule has 0 aromatic heterocycles. The lowest BCUT2D eigenvalue weighted by atomic mass is 10.0. The Morgan fingerprint density at radius 3 is 2.50 bits per heavy atom. The van der Waals surface area contributed by atoms with E-state index in [1.54, 1.807) is 44.6 Å². The number of ether oxygens (including phenoxy) is 2. The van der Waals surface area contributed by atoms with E-state index < -0.39 is 4.83 Å². The Kier molecular flexibility index (Phi) is 4.89. The van der Waals surface area contributed by atoms with E-state index in [1.165, 1.54) is 6.07 Å². The first-order valence-electron chi connectivity index (χ1n) is 5.88. The molecule has 0 fully saturated rings. The molecule has 0 bridgehead atoms. The minimum Gasteiger partial charge on any atom is -0.497 e. The van der Waals surface area contributed by atoms with Crippen molar-refractivity contribution in [3.05, 3.63) is 58.4 Å². The van der Waals surface area contributed by atoms with E-state index in [0.717, 1.165) is 5.56 Å². The molecule has 2 aromatic carbocycles. The summed E-state index contributed by atoms with van der Waals surface area (Å²) in [6, 6.07) is 9.95. The third kappa shape index (κ3) is 2.91. The molecule has 1 unspecified atom stereocenters. The van der Waals surface area contributed by atoms with Gasteiger partial charge in [0, 0.05) is 16.1 Å². The van der Waals surface area contributed by atoms with Crippen molar-refractivity contribution in [3.8, 4) is 11.5 Å². The highest BCUT2D eigenvalue weighted by Gasteiger charge is 2.22. The van der Waals surface area contributed by atoms with Crippen molar-refractivity contribution in [2.24, 2.45) is 0 Å². The molecule has 5 heteroatoms. The zero-order valence-electron chi connectivity index (χ0n) is 11.0. The first kappa shape index (κ1) is 15.1. The zero-order chi connectivity index (χ0) is 14.7. The number of benzene rings is 2. The number of methoxy groups -OCH3 is 2. The zero-order valence-corrected chi connectivity index (χ0v) is 13.3. The van der Waals surface area contributed by atoms with Crippen molar-refractivity contribution < 1.29 is 13.9 Å². The van der Waals surface area contributed by atoms with Gasteiger partial charge in [0.2, 0.25) is 0 Å². The Morgan fingerprint density at radius 2 is 1.90 bits per heavy atom. The number of alkyl halides is 1. The van der Waals surface area contributed by atoms with Crippen LogP contribution < -0.4 is 9.47 Å². The molecule has 0 N–H and O–H groups in total. The van der Waals surface area contributed by atoms with Crippen LogP contribution in [-0.2, 0) is 0 Å². The molecule has 0 aliphatic carbocycles. The first-order chi connectivity index (χ1) is 9.58. The molecule has 2 nitrogen and oxygen atoms in total. The van der Waals surface area contributed by atoms with Gasteiger partial charge in [-0.15, -0.1) is 0 Å². The van der Waals surface area contributed by atoms with E-state index in [9.17, 15) is 4.39 Å². The third-order valence-corrected chi connectivity index (χ3v) is 4.24. The van der Waals surface area contributed by atoms with Crippen LogP contribution in [0.15, 0.2) is 36.4 Å². The second-order valence-electron chi connectivity index (χ2n) is 4.11. The average Bonchev–Trinajstić information content (AvgIpc) is 2.46. The number of hydrogen-bond donors (Lipinski definition) is 0. The molecule has 0 aliphatic rings. The van der Waals surface area contributed by atoms with Crippen molar-refractivity contribution in [1.29, 1.82) is 0 Å². The van der Waals surface area contributed by atoms with Gasteiger partial charge >= 0.3 is 0 Å². The predicted octanol–water partition coefficient (Wildman–Crippen LogP) is 4.98.